The van der Waals surface area contributed by atoms with Gasteiger partial charge in [0.1, 0.15) is 0 Å². The third-order valence-corrected chi connectivity index (χ3v) is 2.86. The van der Waals surface area contributed by atoms with Gasteiger partial charge in [-0.05, 0) is 19.3 Å². The minimum atomic E-state index is -1.12. The maximum atomic E-state index is 5.78. The lowest BCUT2D eigenvalue weighted by atomic mass is 10.2. The van der Waals surface area contributed by atoms with Gasteiger partial charge in [-0.15, -0.1) is 23.2 Å². The molecule has 0 fully saturated rings. The Morgan fingerprint density at radius 2 is 1.67 bits per heavy atom. The molecule has 0 saturated carbocycles. The van der Waals surface area contributed by atoms with E-state index in [1.165, 1.54) is 0 Å². The molecule has 0 nitrogen and oxygen atoms in total. The van der Waals surface area contributed by atoms with Crippen molar-refractivity contribution in [1.82, 2.24) is 0 Å². The van der Waals surface area contributed by atoms with Crippen molar-refractivity contribution in [3.8, 4) is 0 Å². The van der Waals surface area contributed by atoms with Crippen LogP contribution in [0, 0.1) is 0 Å². The number of halogens is 5. The molecule has 74 valence electrons. The van der Waals surface area contributed by atoms with Crippen LogP contribution >= 0.6 is 58.0 Å². The van der Waals surface area contributed by atoms with Crippen LogP contribution in [0.5, 0.6) is 0 Å². The Morgan fingerprint density at radius 3 is 2.08 bits per heavy atom. The molecule has 12 heavy (non-hydrogen) atoms. The molecule has 1 unspecified atom stereocenters. The van der Waals surface area contributed by atoms with Gasteiger partial charge < -0.3 is 0 Å². The van der Waals surface area contributed by atoms with Crippen LogP contribution in [0.15, 0.2) is 0 Å². The van der Waals surface area contributed by atoms with Crippen molar-refractivity contribution in [1.29, 1.82) is 0 Å². The Kier molecular flexibility index (Phi) is 7.66. The average Bonchev–Trinajstić information content (AvgIpc) is 1.96. The molecule has 0 heterocycles. The van der Waals surface area contributed by atoms with Crippen LogP contribution < -0.4 is 0 Å². The van der Waals surface area contributed by atoms with E-state index in [0.29, 0.717) is 12.3 Å². The molecule has 0 saturated heterocycles. The summed E-state index contributed by atoms with van der Waals surface area (Å²) >= 11 is 28.0. The predicted octanol–water partition coefficient (Wildman–Crippen LogP) is 4.76. The lowest BCUT2D eigenvalue weighted by molar-refractivity contribution is 0.644. The third kappa shape index (κ3) is 9.54. The normalized spacial score (nSPS) is 14.8. The van der Waals surface area contributed by atoms with Crippen molar-refractivity contribution in [3.05, 3.63) is 0 Å². The second-order valence-electron chi connectivity index (χ2n) is 2.61. The van der Waals surface area contributed by atoms with Gasteiger partial charge in [0, 0.05) is 11.3 Å². The molecule has 0 N–H and O–H groups in total. The minimum Gasteiger partial charge on any atom is -0.125 e. The van der Waals surface area contributed by atoms with Crippen LogP contribution in [0.25, 0.3) is 0 Å². The molecular weight excluding hydrogens is 261 g/mol. The highest BCUT2D eigenvalue weighted by Gasteiger charge is 2.18. The van der Waals surface area contributed by atoms with Gasteiger partial charge in [-0.2, -0.15) is 0 Å². The van der Waals surface area contributed by atoms with Crippen molar-refractivity contribution in [2.45, 2.75) is 34.9 Å². The smallest absolute Gasteiger partial charge is 0.125 e. The Morgan fingerprint density at radius 1 is 1.08 bits per heavy atom. The SMILES string of the molecule is ClCC(Cl)CCCCC(Cl)(Cl)Cl. The summed E-state index contributed by atoms with van der Waals surface area (Å²) < 4.78 is -1.12. The van der Waals surface area contributed by atoms with E-state index in [-0.39, 0.29) is 5.38 Å². The second kappa shape index (κ2) is 6.84. The molecule has 0 aromatic heterocycles. The third-order valence-electron chi connectivity index (χ3n) is 1.40. The summed E-state index contributed by atoms with van der Waals surface area (Å²) in [7, 11) is 0. The van der Waals surface area contributed by atoms with Crippen LogP contribution in [0.1, 0.15) is 25.7 Å². The average molecular weight is 272 g/mol. The van der Waals surface area contributed by atoms with Gasteiger partial charge in [0.2, 0.25) is 0 Å². The fourth-order valence-corrected chi connectivity index (χ4v) is 1.48. The standard InChI is InChI=1S/C7H11Cl5/c8-5-6(9)3-1-2-4-7(10,11)12/h6H,1-5H2. The van der Waals surface area contributed by atoms with E-state index in [0.717, 1.165) is 19.3 Å². The summed E-state index contributed by atoms with van der Waals surface area (Å²) in [5.74, 6) is 0.481. The molecule has 1 atom stereocenters. The number of rotatable bonds is 5. The molecule has 0 aliphatic heterocycles. The fourth-order valence-electron chi connectivity index (χ4n) is 0.768. The van der Waals surface area contributed by atoms with Crippen molar-refractivity contribution in [2.24, 2.45) is 0 Å². The van der Waals surface area contributed by atoms with Crippen molar-refractivity contribution in [3.63, 3.8) is 0 Å². The summed E-state index contributed by atoms with van der Waals surface area (Å²) in [6, 6.07) is 0. The first-order valence-electron chi connectivity index (χ1n) is 3.72. The highest BCUT2D eigenvalue weighted by Crippen LogP contribution is 2.32. The first-order valence-corrected chi connectivity index (χ1v) is 5.83. The van der Waals surface area contributed by atoms with Crippen LogP contribution in [-0.4, -0.2) is 15.0 Å². The quantitative estimate of drug-likeness (QED) is 0.500. The lowest BCUT2D eigenvalue weighted by Crippen LogP contribution is -2.03. The van der Waals surface area contributed by atoms with Gasteiger partial charge in [-0.1, -0.05) is 41.2 Å². The summed E-state index contributed by atoms with van der Waals surface area (Å²) in [6.07, 6.45) is 3.28. The number of alkyl halides is 5. The Bertz CT molecular complexity index is 109. The summed E-state index contributed by atoms with van der Waals surface area (Å²) in [6.45, 7) is 0. The summed E-state index contributed by atoms with van der Waals surface area (Å²) in [5.41, 5.74) is 0. The molecule has 0 aliphatic rings. The van der Waals surface area contributed by atoms with Crippen LogP contribution in [-0.2, 0) is 0 Å². The maximum absolute atomic E-state index is 5.78. The summed E-state index contributed by atoms with van der Waals surface area (Å²) in [4.78, 5) is 0. The number of hydrogen-bond donors (Lipinski definition) is 0. The lowest BCUT2D eigenvalue weighted by Gasteiger charge is -2.10. The Labute approximate surface area is 98.4 Å². The first-order chi connectivity index (χ1) is 5.45. The first kappa shape index (κ1) is 13.4. The fraction of sp³-hybridized carbons (Fsp3) is 1.00. The topological polar surface area (TPSA) is 0 Å². The monoisotopic (exact) mass is 270 g/mol. The molecule has 0 rings (SSSR count). The Balaban J connectivity index is 3.22. The van der Waals surface area contributed by atoms with E-state index in [4.69, 9.17) is 58.0 Å². The van der Waals surface area contributed by atoms with Crippen LogP contribution in [0.3, 0.4) is 0 Å². The molecule has 0 aliphatic carbocycles. The minimum absolute atomic E-state index is 0.0436. The van der Waals surface area contributed by atoms with E-state index in [1.54, 1.807) is 0 Å². The number of hydrogen-bond acceptors (Lipinski definition) is 0. The van der Waals surface area contributed by atoms with Gasteiger partial charge in [-0.25, -0.2) is 0 Å². The van der Waals surface area contributed by atoms with E-state index in [2.05, 4.69) is 0 Å². The zero-order valence-electron chi connectivity index (χ0n) is 6.50. The highest BCUT2D eigenvalue weighted by atomic mass is 35.6. The molecule has 0 bridgehead atoms. The molecule has 5 heteroatoms. The van der Waals surface area contributed by atoms with Crippen molar-refractivity contribution < 1.29 is 0 Å². The van der Waals surface area contributed by atoms with Crippen molar-refractivity contribution in [2.75, 3.05) is 5.88 Å². The summed E-state index contributed by atoms with van der Waals surface area (Å²) in [5, 5.41) is 0.0436. The van der Waals surface area contributed by atoms with Gasteiger partial charge in [0.05, 0.1) is 0 Å². The number of unbranched alkanes of at least 4 members (excludes halogenated alkanes) is 1. The van der Waals surface area contributed by atoms with E-state index < -0.39 is 3.79 Å². The second-order valence-corrected chi connectivity index (χ2v) is 6.05. The molecule has 0 amide bonds. The largest absolute Gasteiger partial charge is 0.190 e. The van der Waals surface area contributed by atoms with Gasteiger partial charge in [0.15, 0.2) is 3.79 Å². The van der Waals surface area contributed by atoms with E-state index >= 15 is 0 Å². The van der Waals surface area contributed by atoms with Gasteiger partial charge in [0.25, 0.3) is 0 Å². The zero-order chi connectivity index (χ0) is 9.61. The van der Waals surface area contributed by atoms with Crippen LogP contribution in [0.4, 0.5) is 0 Å². The molecule has 0 aromatic rings. The van der Waals surface area contributed by atoms with Gasteiger partial charge >= 0.3 is 0 Å². The maximum Gasteiger partial charge on any atom is 0.190 e. The molecule has 0 radical (unpaired) electrons. The highest BCUT2D eigenvalue weighted by molar-refractivity contribution is 6.67. The van der Waals surface area contributed by atoms with E-state index in [1.807, 2.05) is 0 Å². The molecule has 0 aromatic carbocycles. The predicted molar refractivity (Wildman–Crippen MR) is 59.1 cm³/mol. The van der Waals surface area contributed by atoms with Gasteiger partial charge in [-0.3, -0.25) is 0 Å². The van der Waals surface area contributed by atoms with E-state index in [9.17, 15) is 0 Å². The zero-order valence-corrected chi connectivity index (χ0v) is 10.3. The molecular formula is C7H11Cl5. The van der Waals surface area contributed by atoms with Crippen LogP contribution in [0.2, 0.25) is 0 Å². The Hall–Kier alpha value is 1.45. The molecule has 0 spiro atoms. The van der Waals surface area contributed by atoms with Crippen molar-refractivity contribution >= 4 is 58.0 Å².